The monoisotopic (exact) mass is 349 g/mol. The maximum absolute atomic E-state index is 12.9. The third-order valence-electron chi connectivity index (χ3n) is 4.82. The van der Waals surface area contributed by atoms with Gasteiger partial charge in [0.2, 0.25) is 5.91 Å². The topological polar surface area (TPSA) is 90.0 Å². The number of nitrogens with zero attached hydrogens (tertiary/aromatic N) is 2. The summed E-state index contributed by atoms with van der Waals surface area (Å²) in [5, 5.41) is 11.5. The summed E-state index contributed by atoms with van der Waals surface area (Å²) in [6, 6.07) is -0.973. The second-order valence-corrected chi connectivity index (χ2v) is 6.63. The zero-order valence-corrected chi connectivity index (χ0v) is 12.8. The Bertz CT molecular complexity index is 564. The fourth-order valence-electron chi connectivity index (χ4n) is 3.38. The lowest BCUT2D eigenvalue weighted by atomic mass is 9.96. The number of amides is 3. The van der Waals surface area contributed by atoms with Gasteiger partial charge >= 0.3 is 18.2 Å². The molecule has 0 aromatic heterocycles. The Morgan fingerprint density at radius 1 is 1.17 bits per heavy atom. The Kier molecular flexibility index (Phi) is 4.08. The molecule has 3 atom stereocenters. The minimum atomic E-state index is -4.68. The molecular formula is C14H18F3N3O4. The van der Waals surface area contributed by atoms with Crippen LogP contribution in [0.4, 0.5) is 18.0 Å². The van der Waals surface area contributed by atoms with E-state index in [1.54, 1.807) is 4.90 Å². The van der Waals surface area contributed by atoms with Crippen LogP contribution in [0.3, 0.4) is 0 Å². The number of carbonyl (C=O) groups excluding carboxylic acids is 2. The zero-order chi connectivity index (χ0) is 17.6. The van der Waals surface area contributed by atoms with Gasteiger partial charge in [-0.05, 0) is 12.8 Å². The van der Waals surface area contributed by atoms with Crippen LogP contribution in [0.15, 0.2) is 0 Å². The van der Waals surface area contributed by atoms with Crippen LogP contribution in [-0.2, 0) is 9.59 Å². The first-order chi connectivity index (χ1) is 11.2. The molecule has 7 nitrogen and oxygen atoms in total. The van der Waals surface area contributed by atoms with Crippen molar-refractivity contribution in [3.05, 3.63) is 0 Å². The molecule has 3 aliphatic rings. The minimum Gasteiger partial charge on any atom is -0.481 e. The SMILES string of the molecule is O=C(O)[C@@H]1CN(C(=O)NC2CC(=O)N(C3CC3)C2)C[C@H]1C(F)(F)F. The van der Waals surface area contributed by atoms with E-state index in [-0.39, 0.29) is 18.4 Å². The molecule has 0 aromatic rings. The van der Waals surface area contributed by atoms with E-state index >= 15 is 0 Å². The van der Waals surface area contributed by atoms with Crippen molar-refractivity contribution in [1.29, 1.82) is 0 Å². The highest BCUT2D eigenvalue weighted by molar-refractivity contribution is 5.82. The van der Waals surface area contributed by atoms with Crippen LogP contribution >= 0.6 is 0 Å². The molecule has 2 saturated heterocycles. The standard InChI is InChI=1S/C14H18F3N3O4/c15-14(16,17)10-6-19(5-9(10)12(22)23)13(24)18-7-3-11(21)20(4-7)8-1-2-8/h7-10H,1-6H2,(H,18,24)(H,22,23)/t7?,9-,10-/m1/s1. The van der Waals surface area contributed by atoms with Crippen LogP contribution in [0.1, 0.15) is 19.3 Å². The number of urea groups is 1. The van der Waals surface area contributed by atoms with E-state index in [2.05, 4.69) is 5.32 Å². The maximum atomic E-state index is 12.9. The Labute approximate surface area is 135 Å². The number of carboxylic acids is 1. The summed E-state index contributed by atoms with van der Waals surface area (Å²) in [7, 11) is 0. The normalized spacial score (nSPS) is 30.8. The number of aliphatic carboxylic acids is 1. The lowest BCUT2D eigenvalue weighted by Gasteiger charge is -2.21. The fourth-order valence-corrected chi connectivity index (χ4v) is 3.38. The third kappa shape index (κ3) is 3.27. The summed E-state index contributed by atoms with van der Waals surface area (Å²) in [6.45, 7) is -0.814. The number of hydrogen-bond acceptors (Lipinski definition) is 3. The van der Waals surface area contributed by atoms with Gasteiger partial charge in [-0.3, -0.25) is 9.59 Å². The maximum Gasteiger partial charge on any atom is 0.394 e. The van der Waals surface area contributed by atoms with E-state index in [0.29, 0.717) is 6.54 Å². The summed E-state index contributed by atoms with van der Waals surface area (Å²) in [5.74, 6) is -5.37. The number of likely N-dealkylation sites (tertiary alicyclic amines) is 2. The molecule has 0 aromatic carbocycles. The number of carboxylic acid groups (broad SMARTS) is 1. The molecule has 3 rings (SSSR count). The first-order valence-electron chi connectivity index (χ1n) is 7.81. The van der Waals surface area contributed by atoms with Gasteiger partial charge in [0.05, 0.1) is 17.9 Å². The van der Waals surface area contributed by atoms with Crippen LogP contribution < -0.4 is 5.32 Å². The highest BCUT2D eigenvalue weighted by atomic mass is 19.4. The van der Waals surface area contributed by atoms with Gasteiger partial charge in [0, 0.05) is 32.1 Å². The number of nitrogens with one attached hydrogen (secondary N) is 1. The molecule has 2 heterocycles. The molecule has 3 fully saturated rings. The molecule has 2 aliphatic heterocycles. The van der Waals surface area contributed by atoms with Crippen LogP contribution in [0.5, 0.6) is 0 Å². The van der Waals surface area contributed by atoms with Crippen LogP contribution in [0.2, 0.25) is 0 Å². The number of hydrogen-bond donors (Lipinski definition) is 2. The van der Waals surface area contributed by atoms with Gasteiger partial charge in [-0.25, -0.2) is 4.79 Å². The largest absolute Gasteiger partial charge is 0.481 e. The lowest BCUT2D eigenvalue weighted by Crippen LogP contribution is -2.45. The van der Waals surface area contributed by atoms with Crippen molar-refractivity contribution in [2.45, 2.75) is 37.5 Å². The Hall–Kier alpha value is -2.00. The first-order valence-corrected chi connectivity index (χ1v) is 7.81. The van der Waals surface area contributed by atoms with Crippen molar-refractivity contribution < 1.29 is 32.7 Å². The Morgan fingerprint density at radius 3 is 2.33 bits per heavy atom. The van der Waals surface area contributed by atoms with E-state index < -0.39 is 49.1 Å². The van der Waals surface area contributed by atoms with E-state index in [1.807, 2.05) is 0 Å². The van der Waals surface area contributed by atoms with Gasteiger partial charge in [0.1, 0.15) is 0 Å². The van der Waals surface area contributed by atoms with Gasteiger partial charge in [-0.15, -0.1) is 0 Å². The van der Waals surface area contributed by atoms with Crippen molar-refractivity contribution >= 4 is 17.9 Å². The molecule has 1 saturated carbocycles. The second kappa shape index (κ2) is 5.82. The van der Waals surface area contributed by atoms with Crippen molar-refractivity contribution in [3.63, 3.8) is 0 Å². The molecule has 0 bridgehead atoms. The van der Waals surface area contributed by atoms with Crippen LogP contribution in [0.25, 0.3) is 0 Å². The number of halogens is 3. The Balaban J connectivity index is 1.59. The minimum absolute atomic E-state index is 0.0687. The van der Waals surface area contributed by atoms with E-state index in [0.717, 1.165) is 17.7 Å². The summed E-state index contributed by atoms with van der Waals surface area (Å²) in [5.41, 5.74) is 0. The lowest BCUT2D eigenvalue weighted by molar-refractivity contribution is -0.187. The van der Waals surface area contributed by atoms with Crippen LogP contribution in [-0.4, -0.2) is 70.7 Å². The molecule has 0 radical (unpaired) electrons. The molecule has 2 N–H and O–H groups in total. The fraction of sp³-hybridized carbons (Fsp3) is 0.786. The molecule has 134 valence electrons. The molecule has 1 unspecified atom stereocenters. The summed E-state index contributed by atoms with van der Waals surface area (Å²) in [4.78, 5) is 37.6. The highest BCUT2D eigenvalue weighted by Crippen LogP contribution is 2.38. The number of alkyl halides is 3. The van der Waals surface area contributed by atoms with Gasteiger partial charge < -0.3 is 20.2 Å². The quantitative estimate of drug-likeness (QED) is 0.783. The molecule has 10 heteroatoms. The summed E-state index contributed by atoms with van der Waals surface area (Å²) in [6.07, 6.45) is -2.68. The summed E-state index contributed by atoms with van der Waals surface area (Å²) >= 11 is 0. The average molecular weight is 349 g/mol. The van der Waals surface area contributed by atoms with E-state index in [9.17, 15) is 27.6 Å². The van der Waals surface area contributed by atoms with Crippen molar-refractivity contribution in [2.24, 2.45) is 11.8 Å². The van der Waals surface area contributed by atoms with E-state index in [1.165, 1.54) is 0 Å². The van der Waals surface area contributed by atoms with Crippen LogP contribution in [0, 0.1) is 11.8 Å². The zero-order valence-electron chi connectivity index (χ0n) is 12.8. The van der Waals surface area contributed by atoms with Crippen molar-refractivity contribution in [3.8, 4) is 0 Å². The number of rotatable bonds is 3. The molecule has 0 spiro atoms. The molecule has 24 heavy (non-hydrogen) atoms. The molecule has 1 aliphatic carbocycles. The highest BCUT2D eigenvalue weighted by Gasteiger charge is 2.53. The molecule has 3 amide bonds. The second-order valence-electron chi connectivity index (χ2n) is 6.63. The smallest absolute Gasteiger partial charge is 0.394 e. The van der Waals surface area contributed by atoms with E-state index in [4.69, 9.17) is 5.11 Å². The number of carbonyl (C=O) groups is 3. The third-order valence-corrected chi connectivity index (χ3v) is 4.82. The first kappa shape index (κ1) is 16.8. The van der Waals surface area contributed by atoms with Gasteiger partial charge in [0.15, 0.2) is 0 Å². The average Bonchev–Trinajstić information content (AvgIpc) is 3.07. The summed E-state index contributed by atoms with van der Waals surface area (Å²) < 4.78 is 38.8. The van der Waals surface area contributed by atoms with Crippen molar-refractivity contribution in [2.75, 3.05) is 19.6 Å². The van der Waals surface area contributed by atoms with Gasteiger partial charge in [-0.2, -0.15) is 13.2 Å². The van der Waals surface area contributed by atoms with Gasteiger partial charge in [0.25, 0.3) is 0 Å². The predicted molar refractivity (Wildman–Crippen MR) is 73.9 cm³/mol. The molecular weight excluding hydrogens is 331 g/mol. The predicted octanol–water partition coefficient (Wildman–Crippen LogP) is 0.654. The van der Waals surface area contributed by atoms with Gasteiger partial charge in [-0.1, -0.05) is 0 Å². The Morgan fingerprint density at radius 2 is 1.83 bits per heavy atom. The van der Waals surface area contributed by atoms with Crippen molar-refractivity contribution in [1.82, 2.24) is 15.1 Å².